The molecule has 5 amide bonds. The number of barbiturate groups is 1. The predicted molar refractivity (Wildman–Crippen MR) is 125 cm³/mol. The van der Waals surface area contributed by atoms with Crippen LogP contribution in [0.2, 0.25) is 0 Å². The normalized spacial score (nSPS) is 15.3. The van der Waals surface area contributed by atoms with Gasteiger partial charge in [-0.1, -0.05) is 5.21 Å². The smallest absolute Gasteiger partial charge is 0.335 e. The van der Waals surface area contributed by atoms with Crippen molar-refractivity contribution in [1.29, 1.82) is 0 Å². The van der Waals surface area contributed by atoms with E-state index in [1.165, 1.54) is 10.9 Å². The number of carbonyl (C=O) groups is 7. The second-order valence-corrected chi connectivity index (χ2v) is 8.67. The van der Waals surface area contributed by atoms with Gasteiger partial charge in [0.05, 0.1) is 12.4 Å². The fraction of sp³-hybridized carbons (Fsp3) is 0.591. The van der Waals surface area contributed by atoms with E-state index in [-0.39, 0.29) is 43.7 Å². The predicted octanol–water partition coefficient (Wildman–Crippen LogP) is -0.581. The summed E-state index contributed by atoms with van der Waals surface area (Å²) in [5, 5.41) is 38.1. The lowest BCUT2D eigenvalue weighted by Crippen LogP contribution is -2.63. The number of urea groups is 1. The second-order valence-electron chi connectivity index (χ2n) is 8.67. The van der Waals surface area contributed by atoms with E-state index in [2.05, 4.69) is 15.6 Å². The lowest BCUT2D eigenvalue weighted by Gasteiger charge is -2.38. The van der Waals surface area contributed by atoms with Crippen molar-refractivity contribution in [2.75, 3.05) is 13.2 Å². The van der Waals surface area contributed by atoms with E-state index in [1.807, 2.05) is 0 Å². The molecule has 1 aliphatic heterocycles. The van der Waals surface area contributed by atoms with Crippen molar-refractivity contribution >= 4 is 41.7 Å². The zero-order valence-electron chi connectivity index (χ0n) is 20.8. The summed E-state index contributed by atoms with van der Waals surface area (Å²) >= 11 is 0. The van der Waals surface area contributed by atoms with E-state index < -0.39 is 79.7 Å². The number of aliphatic carboxylic acids is 3. The van der Waals surface area contributed by atoms with Crippen LogP contribution in [0.15, 0.2) is 6.20 Å². The number of nitrogens with zero attached hydrogens (tertiary/aromatic N) is 5. The molecule has 0 bridgehead atoms. The van der Waals surface area contributed by atoms with Crippen LogP contribution < -0.4 is 5.32 Å². The number of nitrogens with one attached hydrogen (secondary N) is 1. The number of amides is 5. The Morgan fingerprint density at radius 1 is 0.949 bits per heavy atom. The number of carboxylic acids is 3. The summed E-state index contributed by atoms with van der Waals surface area (Å²) < 4.78 is 13.5. The van der Waals surface area contributed by atoms with E-state index in [9.17, 15) is 48.2 Å². The number of hydrogen-bond acceptors (Lipinski definition) is 9. The third-order valence-corrected chi connectivity index (χ3v) is 5.76. The first-order valence-electron chi connectivity index (χ1n) is 12.0. The minimum absolute atomic E-state index is 0.122. The maximum Gasteiger partial charge on any atom is 0.335 e. The molecule has 4 N–H and O–H groups in total. The van der Waals surface area contributed by atoms with Gasteiger partial charge in [0.1, 0.15) is 25.0 Å². The molecule has 17 heteroatoms. The molecule has 0 aliphatic carbocycles. The lowest BCUT2D eigenvalue weighted by atomic mass is 10.0. The third-order valence-electron chi connectivity index (χ3n) is 5.76. The van der Waals surface area contributed by atoms with E-state index >= 15 is 0 Å². The minimum atomic E-state index is -1.90. The highest BCUT2D eigenvalue weighted by molar-refractivity contribution is 6.16. The first-order chi connectivity index (χ1) is 18.5. The first kappa shape index (κ1) is 30.8. The summed E-state index contributed by atoms with van der Waals surface area (Å²) in [5.74, 6) is -7.33. The molecule has 39 heavy (non-hydrogen) atoms. The van der Waals surface area contributed by atoms with Gasteiger partial charge in [-0.2, -0.15) is 0 Å². The van der Waals surface area contributed by atoms with E-state index in [0.29, 0.717) is 17.0 Å². The Bertz CT molecular complexity index is 1110. The van der Waals surface area contributed by atoms with Gasteiger partial charge < -0.3 is 20.6 Å². The topological polar surface area (TPSA) is 229 Å². The summed E-state index contributed by atoms with van der Waals surface area (Å²) in [7, 11) is 0. The van der Waals surface area contributed by atoms with Crippen LogP contribution in [-0.4, -0.2) is 107 Å². The number of carboxylic acid groups (broad SMARTS) is 3. The first-order valence-corrected chi connectivity index (χ1v) is 12.0. The van der Waals surface area contributed by atoms with Crippen molar-refractivity contribution in [3.63, 3.8) is 0 Å². The monoisotopic (exact) mass is 556 g/mol. The van der Waals surface area contributed by atoms with Gasteiger partial charge in [-0.3, -0.25) is 23.6 Å². The average Bonchev–Trinajstić information content (AvgIpc) is 3.29. The Kier molecular flexibility index (Phi) is 11.4. The molecule has 2 atom stereocenters. The molecule has 1 aromatic rings. The molecule has 0 spiro atoms. The number of imide groups is 2. The van der Waals surface area contributed by atoms with Crippen LogP contribution in [-0.2, 0) is 41.7 Å². The molecule has 1 saturated heterocycles. The Hall–Kier alpha value is -4.44. The van der Waals surface area contributed by atoms with Crippen molar-refractivity contribution in [1.82, 2.24) is 30.1 Å². The number of carbonyl (C=O) groups excluding carboxylic acids is 4. The van der Waals surface area contributed by atoms with Crippen molar-refractivity contribution in [3.8, 4) is 0 Å². The zero-order valence-corrected chi connectivity index (χ0v) is 20.8. The number of hydrogen-bond donors (Lipinski definition) is 4. The number of rotatable bonds is 17. The van der Waals surface area contributed by atoms with Gasteiger partial charge in [0.15, 0.2) is 0 Å². The largest absolute Gasteiger partial charge is 0.481 e. The summed E-state index contributed by atoms with van der Waals surface area (Å²) in [5.41, 5.74) is 0.541. The summed E-state index contributed by atoms with van der Waals surface area (Å²) in [6.45, 7) is -0.521. The lowest BCUT2D eigenvalue weighted by molar-refractivity contribution is -0.158. The van der Waals surface area contributed by atoms with Gasteiger partial charge in [-0.15, -0.1) is 5.10 Å². The van der Waals surface area contributed by atoms with Gasteiger partial charge in [0.2, 0.25) is 17.7 Å². The third kappa shape index (κ3) is 8.82. The van der Waals surface area contributed by atoms with Crippen LogP contribution in [0.5, 0.6) is 0 Å². The molecule has 214 valence electrons. The molecule has 1 fully saturated rings. The van der Waals surface area contributed by atoms with Gasteiger partial charge in [-0.25, -0.2) is 28.9 Å². The van der Waals surface area contributed by atoms with Crippen LogP contribution >= 0.6 is 0 Å². The van der Waals surface area contributed by atoms with Crippen LogP contribution in [0, 0.1) is 0 Å². The van der Waals surface area contributed by atoms with Crippen LogP contribution in [0.4, 0.5) is 9.18 Å². The summed E-state index contributed by atoms with van der Waals surface area (Å²) in [6, 6.07) is -5.07. The molecule has 2 heterocycles. The van der Waals surface area contributed by atoms with Gasteiger partial charge >= 0.3 is 23.9 Å². The quantitative estimate of drug-likeness (QED) is 0.139. The number of alkyl halides is 1. The van der Waals surface area contributed by atoms with Gasteiger partial charge in [0, 0.05) is 19.2 Å². The molecular formula is C22H29FN6O10. The Morgan fingerprint density at radius 2 is 1.56 bits per heavy atom. The van der Waals surface area contributed by atoms with Crippen molar-refractivity contribution < 1.29 is 53.3 Å². The molecule has 2 rings (SSSR count). The Morgan fingerprint density at radius 3 is 2.13 bits per heavy atom. The highest BCUT2D eigenvalue weighted by Gasteiger charge is 2.48. The van der Waals surface area contributed by atoms with Gasteiger partial charge in [0.25, 0.3) is 0 Å². The average molecular weight is 557 g/mol. The van der Waals surface area contributed by atoms with Crippen LogP contribution in [0.25, 0.3) is 0 Å². The molecule has 0 aromatic carbocycles. The number of aryl methyl sites for hydroxylation is 1. The fourth-order valence-electron chi connectivity index (χ4n) is 3.90. The Balaban J connectivity index is 1.94. The minimum Gasteiger partial charge on any atom is -0.481 e. The van der Waals surface area contributed by atoms with Crippen molar-refractivity contribution in [2.45, 2.75) is 70.0 Å². The molecule has 0 saturated carbocycles. The van der Waals surface area contributed by atoms with Crippen LogP contribution in [0.1, 0.15) is 50.6 Å². The highest BCUT2D eigenvalue weighted by Crippen LogP contribution is 2.23. The molecule has 16 nitrogen and oxygen atoms in total. The maximum absolute atomic E-state index is 12.9. The molecular weight excluding hydrogens is 527 g/mol. The summed E-state index contributed by atoms with van der Waals surface area (Å²) in [4.78, 5) is 84.7. The summed E-state index contributed by atoms with van der Waals surface area (Å²) in [6.07, 6.45) is 0.0432. The van der Waals surface area contributed by atoms with Crippen molar-refractivity contribution in [3.05, 3.63) is 11.9 Å². The maximum atomic E-state index is 12.9. The number of halogens is 1. The number of unbranched alkanes of at least 4 members (excludes halogenated alkanes) is 1. The molecule has 1 aromatic heterocycles. The Labute approximate surface area is 220 Å². The van der Waals surface area contributed by atoms with Crippen molar-refractivity contribution in [2.24, 2.45) is 0 Å². The zero-order chi connectivity index (χ0) is 29.1. The number of aromatic nitrogens is 3. The standard InChI is InChI=1S/C22H29FN6O10/c23-8-3-4-13-11-27(26-25-13)12-16(30)24-9-2-1-5-14(20(35)36)28-17(31)10-18(32)29(22(28)39)15(21(37)38)6-7-19(33)34/h11,14-15H,1-10,12H2,(H,24,30)(H,33,34)(H,35,36)(H,37,38)/t14-,15?/m0/s1. The fourth-order valence-corrected chi connectivity index (χ4v) is 3.90. The molecule has 1 aliphatic rings. The van der Waals surface area contributed by atoms with Crippen LogP contribution in [0.3, 0.4) is 0 Å². The highest BCUT2D eigenvalue weighted by atomic mass is 19.1. The van der Waals surface area contributed by atoms with E-state index in [0.717, 1.165) is 0 Å². The molecule has 0 radical (unpaired) electrons. The molecule has 1 unspecified atom stereocenters. The second kappa shape index (κ2) is 14.5. The van der Waals surface area contributed by atoms with E-state index in [4.69, 9.17) is 5.11 Å². The van der Waals surface area contributed by atoms with Gasteiger partial charge in [-0.05, 0) is 38.5 Å². The SMILES string of the molecule is O=C(O)CCC(C(=O)O)N1C(=O)CC(=O)N([C@@H](CCCCNC(=O)Cn2cc(CCCF)nn2)C(=O)O)C1=O. The van der Waals surface area contributed by atoms with E-state index in [1.54, 1.807) is 0 Å².